The van der Waals surface area contributed by atoms with E-state index in [0.717, 1.165) is 13.1 Å². The molecule has 3 rings (SSSR count). The number of carbonyl (C=O) groups is 1. The van der Waals surface area contributed by atoms with Crippen LogP contribution in [-0.4, -0.2) is 54.3 Å². The van der Waals surface area contributed by atoms with Crippen molar-refractivity contribution in [3.8, 4) is 0 Å². The van der Waals surface area contributed by atoms with Gasteiger partial charge in [-0.05, 0) is 38.4 Å². The van der Waals surface area contributed by atoms with E-state index >= 15 is 0 Å². The van der Waals surface area contributed by atoms with Crippen molar-refractivity contribution in [3.63, 3.8) is 0 Å². The van der Waals surface area contributed by atoms with Gasteiger partial charge in [-0.2, -0.15) is 0 Å². The first-order valence-electron chi connectivity index (χ1n) is 7.08. The molecular formula is C14H18Cl2N2OS. The molecule has 0 aromatic carbocycles. The Hall–Kier alpha value is -0.130. The average molecular weight is 333 g/mol. The minimum absolute atomic E-state index is 0.0835. The van der Waals surface area contributed by atoms with Crippen LogP contribution in [0, 0.1) is 0 Å². The van der Waals surface area contributed by atoms with E-state index in [9.17, 15) is 4.79 Å². The molecule has 1 aromatic rings. The monoisotopic (exact) mass is 332 g/mol. The normalized spacial score (nSPS) is 24.6. The van der Waals surface area contributed by atoms with Gasteiger partial charge in [-0.1, -0.05) is 23.2 Å². The summed E-state index contributed by atoms with van der Waals surface area (Å²) >= 11 is 13.2. The molecule has 0 spiro atoms. The molecule has 1 aromatic heterocycles. The Morgan fingerprint density at radius 3 is 2.70 bits per heavy atom. The number of carbonyl (C=O) groups excluding carboxylic acids is 1. The van der Waals surface area contributed by atoms with Crippen LogP contribution in [0.5, 0.6) is 0 Å². The van der Waals surface area contributed by atoms with Crippen LogP contribution >= 0.6 is 34.5 Å². The van der Waals surface area contributed by atoms with Crippen molar-refractivity contribution in [2.75, 3.05) is 32.7 Å². The number of rotatable bonds is 4. The van der Waals surface area contributed by atoms with Gasteiger partial charge in [0.25, 0.3) is 0 Å². The average Bonchev–Trinajstić information content (AvgIpc) is 3.09. The Morgan fingerprint density at radius 2 is 2.05 bits per heavy atom. The van der Waals surface area contributed by atoms with Crippen LogP contribution in [0.1, 0.15) is 29.6 Å². The lowest BCUT2D eigenvalue weighted by Gasteiger charge is -2.23. The Kier molecular flexibility index (Phi) is 4.68. The van der Waals surface area contributed by atoms with Crippen molar-refractivity contribution in [1.82, 2.24) is 9.80 Å². The van der Waals surface area contributed by atoms with E-state index < -0.39 is 0 Å². The van der Waals surface area contributed by atoms with Crippen LogP contribution < -0.4 is 0 Å². The fourth-order valence-electron chi connectivity index (χ4n) is 3.18. The van der Waals surface area contributed by atoms with Gasteiger partial charge in [0.2, 0.25) is 0 Å². The minimum Gasteiger partial charge on any atom is -0.299 e. The highest BCUT2D eigenvalue weighted by molar-refractivity contribution is 7.20. The Morgan fingerprint density at radius 1 is 1.30 bits per heavy atom. The summed E-state index contributed by atoms with van der Waals surface area (Å²) in [5.41, 5.74) is 0.575. The summed E-state index contributed by atoms with van der Waals surface area (Å²) in [4.78, 5) is 17.1. The zero-order valence-corrected chi connectivity index (χ0v) is 13.6. The lowest BCUT2D eigenvalue weighted by molar-refractivity contribution is 0.0941. The van der Waals surface area contributed by atoms with Gasteiger partial charge in [-0.25, -0.2) is 0 Å². The van der Waals surface area contributed by atoms with Gasteiger partial charge in [0.15, 0.2) is 5.78 Å². The van der Waals surface area contributed by atoms with Gasteiger partial charge in [-0.15, -0.1) is 11.3 Å². The third-order valence-electron chi connectivity index (χ3n) is 4.23. The molecule has 6 heteroatoms. The summed E-state index contributed by atoms with van der Waals surface area (Å²) in [5.74, 6) is 0.0835. The maximum atomic E-state index is 12.3. The van der Waals surface area contributed by atoms with E-state index in [-0.39, 0.29) is 5.78 Å². The standard InChI is InChI=1S/C14H18Cl2N2OS/c15-13-7-11(14(16)20-13)12(19)9-17-6-3-10(8-17)18-4-1-2-5-18/h7,10H,1-6,8-9H2. The predicted molar refractivity (Wildman–Crippen MR) is 84.3 cm³/mol. The molecule has 2 saturated heterocycles. The minimum atomic E-state index is 0.0835. The summed E-state index contributed by atoms with van der Waals surface area (Å²) in [6.07, 6.45) is 3.81. The highest BCUT2D eigenvalue weighted by atomic mass is 35.5. The van der Waals surface area contributed by atoms with E-state index in [1.807, 2.05) is 0 Å². The predicted octanol–water partition coefficient (Wildman–Crippen LogP) is 3.41. The van der Waals surface area contributed by atoms with Crippen molar-refractivity contribution >= 4 is 40.3 Å². The quantitative estimate of drug-likeness (QED) is 0.789. The maximum Gasteiger partial charge on any atom is 0.179 e. The molecule has 3 heterocycles. The van der Waals surface area contributed by atoms with Crippen molar-refractivity contribution < 1.29 is 4.79 Å². The first-order chi connectivity index (χ1) is 9.63. The van der Waals surface area contributed by atoms with E-state index in [0.29, 0.717) is 26.8 Å². The van der Waals surface area contributed by atoms with Crippen molar-refractivity contribution in [3.05, 3.63) is 20.3 Å². The third kappa shape index (κ3) is 3.20. The number of hydrogen-bond acceptors (Lipinski definition) is 4. The van der Waals surface area contributed by atoms with Crippen LogP contribution in [-0.2, 0) is 0 Å². The summed E-state index contributed by atoms with van der Waals surface area (Å²) in [6.45, 7) is 4.90. The van der Waals surface area contributed by atoms with Crippen molar-refractivity contribution in [2.24, 2.45) is 0 Å². The van der Waals surface area contributed by atoms with Crippen LogP contribution in [0.15, 0.2) is 6.07 Å². The highest BCUT2D eigenvalue weighted by Crippen LogP contribution is 2.31. The maximum absolute atomic E-state index is 12.3. The number of nitrogens with zero attached hydrogens (tertiary/aromatic N) is 2. The van der Waals surface area contributed by atoms with Crippen molar-refractivity contribution in [1.29, 1.82) is 0 Å². The first kappa shape index (κ1) is 14.8. The van der Waals surface area contributed by atoms with Crippen LogP contribution in [0.25, 0.3) is 0 Å². The molecule has 0 aliphatic carbocycles. The van der Waals surface area contributed by atoms with Gasteiger partial charge in [0, 0.05) is 19.1 Å². The van der Waals surface area contributed by atoms with Crippen LogP contribution in [0.4, 0.5) is 0 Å². The van der Waals surface area contributed by atoms with E-state index in [2.05, 4.69) is 9.80 Å². The highest BCUT2D eigenvalue weighted by Gasteiger charge is 2.30. The molecule has 0 bridgehead atoms. The number of ketones is 1. The third-order valence-corrected chi connectivity index (χ3v) is 5.72. The molecule has 2 aliphatic rings. The summed E-state index contributed by atoms with van der Waals surface area (Å²) in [6, 6.07) is 2.32. The molecule has 110 valence electrons. The SMILES string of the molecule is O=C(CN1CCC(N2CCCC2)C1)c1cc(Cl)sc1Cl. The van der Waals surface area contributed by atoms with Gasteiger partial charge in [0.05, 0.1) is 16.4 Å². The number of Topliss-reactive ketones (excluding diaryl/α,β-unsaturated/α-hetero) is 1. The molecular weight excluding hydrogens is 315 g/mol. The fourth-order valence-corrected chi connectivity index (χ4v) is 4.68. The zero-order valence-electron chi connectivity index (χ0n) is 11.3. The summed E-state index contributed by atoms with van der Waals surface area (Å²) in [7, 11) is 0. The van der Waals surface area contributed by atoms with Crippen LogP contribution in [0.2, 0.25) is 8.67 Å². The molecule has 0 N–H and O–H groups in total. The number of halogens is 2. The summed E-state index contributed by atoms with van der Waals surface area (Å²) < 4.78 is 1.09. The first-order valence-corrected chi connectivity index (χ1v) is 8.65. The molecule has 0 saturated carbocycles. The fraction of sp³-hybridized carbons (Fsp3) is 0.643. The second-order valence-corrected chi connectivity index (χ2v) is 7.87. The number of hydrogen-bond donors (Lipinski definition) is 0. The largest absolute Gasteiger partial charge is 0.299 e. The van der Waals surface area contributed by atoms with E-state index in [4.69, 9.17) is 23.2 Å². The molecule has 0 amide bonds. The molecule has 3 nitrogen and oxygen atoms in total. The molecule has 20 heavy (non-hydrogen) atoms. The zero-order chi connectivity index (χ0) is 14.1. The number of thiophene rings is 1. The molecule has 1 atom stereocenters. The Labute approximate surface area is 133 Å². The van der Waals surface area contributed by atoms with Gasteiger partial charge in [-0.3, -0.25) is 14.6 Å². The Balaban J connectivity index is 1.56. The van der Waals surface area contributed by atoms with Gasteiger partial charge >= 0.3 is 0 Å². The summed E-state index contributed by atoms with van der Waals surface area (Å²) in [5, 5.41) is 0. The van der Waals surface area contributed by atoms with Crippen LogP contribution in [0.3, 0.4) is 0 Å². The van der Waals surface area contributed by atoms with Gasteiger partial charge < -0.3 is 0 Å². The molecule has 2 aliphatic heterocycles. The number of likely N-dealkylation sites (tertiary alicyclic amines) is 2. The second kappa shape index (κ2) is 6.32. The van der Waals surface area contributed by atoms with Crippen molar-refractivity contribution in [2.45, 2.75) is 25.3 Å². The lowest BCUT2D eigenvalue weighted by Crippen LogP contribution is -2.36. The molecule has 0 radical (unpaired) electrons. The second-order valence-electron chi connectivity index (χ2n) is 5.58. The van der Waals surface area contributed by atoms with Gasteiger partial charge in [0.1, 0.15) is 4.34 Å². The molecule has 2 fully saturated rings. The smallest absolute Gasteiger partial charge is 0.179 e. The van der Waals surface area contributed by atoms with E-state index in [1.165, 1.54) is 43.7 Å². The lowest BCUT2D eigenvalue weighted by atomic mass is 10.2. The van der Waals surface area contributed by atoms with E-state index in [1.54, 1.807) is 6.07 Å². The Bertz CT molecular complexity index is 499. The molecule has 1 unspecified atom stereocenters. The topological polar surface area (TPSA) is 23.6 Å².